The quantitative estimate of drug-likeness (QED) is 0.417. The van der Waals surface area contributed by atoms with Gasteiger partial charge in [-0.1, -0.05) is 0 Å². The predicted molar refractivity (Wildman–Crippen MR) is 44.9 cm³/mol. The molecule has 2 aliphatic heterocycles. The SMILES string of the molecule is N=C(N1COCOC1)N1COCOC1. The summed E-state index contributed by atoms with van der Waals surface area (Å²) in [5, 5.41) is 7.81. The Balaban J connectivity index is 1.85. The zero-order chi connectivity index (χ0) is 9.80. The van der Waals surface area contributed by atoms with Gasteiger partial charge in [0.2, 0.25) is 5.96 Å². The summed E-state index contributed by atoms with van der Waals surface area (Å²) in [7, 11) is 0. The molecule has 0 radical (unpaired) electrons. The van der Waals surface area contributed by atoms with E-state index >= 15 is 0 Å². The molecule has 14 heavy (non-hydrogen) atoms. The highest BCUT2D eigenvalue weighted by Gasteiger charge is 2.21. The van der Waals surface area contributed by atoms with Crippen LogP contribution in [-0.2, 0) is 18.9 Å². The summed E-state index contributed by atoms with van der Waals surface area (Å²) in [6, 6.07) is 0. The van der Waals surface area contributed by atoms with Crippen molar-refractivity contribution in [1.29, 1.82) is 5.41 Å². The van der Waals surface area contributed by atoms with Crippen LogP contribution < -0.4 is 0 Å². The van der Waals surface area contributed by atoms with E-state index in [9.17, 15) is 0 Å². The van der Waals surface area contributed by atoms with Gasteiger partial charge in [0, 0.05) is 0 Å². The molecule has 0 spiro atoms. The molecule has 2 rings (SSSR count). The van der Waals surface area contributed by atoms with Crippen LogP contribution in [0.1, 0.15) is 0 Å². The molecule has 1 N–H and O–H groups in total. The van der Waals surface area contributed by atoms with Crippen molar-refractivity contribution in [1.82, 2.24) is 9.80 Å². The van der Waals surface area contributed by atoms with Crippen LogP contribution in [0, 0.1) is 5.41 Å². The van der Waals surface area contributed by atoms with E-state index in [0.717, 1.165) is 0 Å². The van der Waals surface area contributed by atoms with Gasteiger partial charge >= 0.3 is 0 Å². The summed E-state index contributed by atoms with van der Waals surface area (Å²) in [5.74, 6) is 0.296. The molecule has 0 aromatic heterocycles. The van der Waals surface area contributed by atoms with Gasteiger partial charge in [-0.3, -0.25) is 15.2 Å². The van der Waals surface area contributed by atoms with Gasteiger partial charge in [0.15, 0.2) is 13.6 Å². The first-order valence-corrected chi connectivity index (χ1v) is 4.27. The largest absolute Gasteiger partial charge is 0.335 e. The standard InChI is InChI=1S/C7H13N3O4/c8-7(9-1-11-5-12-2-9)10-3-13-6-14-4-10/h8H,1-6H2. The maximum atomic E-state index is 7.81. The van der Waals surface area contributed by atoms with Crippen LogP contribution in [0.4, 0.5) is 0 Å². The molecule has 0 amide bonds. The molecule has 0 aliphatic carbocycles. The van der Waals surface area contributed by atoms with Crippen molar-refractivity contribution in [3.63, 3.8) is 0 Å². The molecule has 7 nitrogen and oxygen atoms in total. The topological polar surface area (TPSA) is 67.3 Å². The van der Waals surface area contributed by atoms with Crippen molar-refractivity contribution in [3.05, 3.63) is 0 Å². The van der Waals surface area contributed by atoms with Gasteiger partial charge in [0.05, 0.1) is 0 Å². The van der Waals surface area contributed by atoms with Crippen LogP contribution >= 0.6 is 0 Å². The Labute approximate surface area is 81.6 Å². The average molecular weight is 203 g/mol. The first-order chi connectivity index (χ1) is 6.88. The van der Waals surface area contributed by atoms with Crippen molar-refractivity contribution < 1.29 is 18.9 Å². The van der Waals surface area contributed by atoms with Crippen molar-refractivity contribution in [2.24, 2.45) is 0 Å². The Morgan fingerprint density at radius 1 is 0.786 bits per heavy atom. The highest BCUT2D eigenvalue weighted by atomic mass is 16.7. The summed E-state index contributed by atoms with van der Waals surface area (Å²) in [5.41, 5.74) is 0. The van der Waals surface area contributed by atoms with Crippen LogP contribution in [-0.4, -0.2) is 56.3 Å². The minimum absolute atomic E-state index is 0.288. The third kappa shape index (κ3) is 2.13. The molecule has 2 saturated heterocycles. The molecule has 0 aromatic carbocycles. The normalized spacial score (nSPS) is 23.7. The molecule has 80 valence electrons. The van der Waals surface area contributed by atoms with Crippen LogP contribution in [0.5, 0.6) is 0 Å². The lowest BCUT2D eigenvalue weighted by molar-refractivity contribution is -0.183. The van der Waals surface area contributed by atoms with Crippen LogP contribution in [0.3, 0.4) is 0 Å². The second-order valence-corrected chi connectivity index (χ2v) is 2.97. The smallest absolute Gasteiger partial charge is 0.201 e. The Bertz CT molecular complexity index is 181. The van der Waals surface area contributed by atoms with Crippen LogP contribution in [0.15, 0.2) is 0 Å². The Hall–Kier alpha value is -0.890. The molecular formula is C7H13N3O4. The number of guanidine groups is 1. The van der Waals surface area contributed by atoms with Crippen LogP contribution in [0.2, 0.25) is 0 Å². The molecule has 2 fully saturated rings. The van der Waals surface area contributed by atoms with Crippen molar-refractivity contribution >= 4 is 5.96 Å². The summed E-state index contributed by atoms with van der Waals surface area (Å²) in [4.78, 5) is 3.31. The third-order valence-corrected chi connectivity index (χ3v) is 1.92. The number of hydrogen-bond donors (Lipinski definition) is 1. The lowest BCUT2D eigenvalue weighted by Crippen LogP contribution is -2.50. The van der Waals surface area contributed by atoms with E-state index in [0.29, 0.717) is 32.9 Å². The molecule has 0 bridgehead atoms. The Kier molecular flexibility index (Phi) is 3.14. The molecule has 2 heterocycles. The molecule has 0 atom stereocenters. The monoisotopic (exact) mass is 203 g/mol. The molecule has 0 unspecified atom stereocenters. The first kappa shape index (κ1) is 9.66. The van der Waals surface area contributed by atoms with Gasteiger partial charge < -0.3 is 18.9 Å². The summed E-state index contributed by atoms with van der Waals surface area (Å²) >= 11 is 0. The van der Waals surface area contributed by atoms with E-state index in [1.54, 1.807) is 9.80 Å². The second-order valence-electron chi connectivity index (χ2n) is 2.97. The molecule has 0 aromatic rings. The van der Waals surface area contributed by atoms with E-state index in [2.05, 4.69) is 0 Å². The van der Waals surface area contributed by atoms with Gasteiger partial charge in [0.1, 0.15) is 26.9 Å². The zero-order valence-electron chi connectivity index (χ0n) is 7.77. The number of rotatable bonds is 0. The first-order valence-electron chi connectivity index (χ1n) is 4.27. The Morgan fingerprint density at radius 3 is 1.50 bits per heavy atom. The number of nitrogens with zero attached hydrogens (tertiary/aromatic N) is 2. The second kappa shape index (κ2) is 4.56. The van der Waals surface area contributed by atoms with Gasteiger partial charge in [-0.05, 0) is 0 Å². The molecule has 2 aliphatic rings. The highest BCUT2D eigenvalue weighted by molar-refractivity contribution is 5.76. The molecular weight excluding hydrogens is 190 g/mol. The molecule has 0 saturated carbocycles. The Morgan fingerprint density at radius 2 is 1.14 bits per heavy atom. The fourth-order valence-corrected chi connectivity index (χ4v) is 1.23. The van der Waals surface area contributed by atoms with Gasteiger partial charge in [-0.2, -0.15) is 0 Å². The lowest BCUT2D eigenvalue weighted by Gasteiger charge is -2.36. The summed E-state index contributed by atoms with van der Waals surface area (Å²) in [6.07, 6.45) is 0. The van der Waals surface area contributed by atoms with Crippen molar-refractivity contribution in [2.45, 2.75) is 0 Å². The average Bonchev–Trinajstić information content (AvgIpc) is 2.30. The predicted octanol–water partition coefficient (Wildman–Crippen LogP) is -0.636. The maximum Gasteiger partial charge on any atom is 0.201 e. The number of nitrogens with one attached hydrogen (secondary N) is 1. The molecule has 7 heteroatoms. The highest BCUT2D eigenvalue weighted by Crippen LogP contribution is 2.05. The lowest BCUT2D eigenvalue weighted by atomic mass is 10.6. The van der Waals surface area contributed by atoms with Crippen molar-refractivity contribution in [3.8, 4) is 0 Å². The minimum atomic E-state index is 0.288. The van der Waals surface area contributed by atoms with E-state index in [4.69, 9.17) is 24.4 Å². The van der Waals surface area contributed by atoms with Crippen LogP contribution in [0.25, 0.3) is 0 Å². The van der Waals surface area contributed by atoms with E-state index < -0.39 is 0 Å². The van der Waals surface area contributed by atoms with E-state index in [1.807, 2.05) is 0 Å². The third-order valence-electron chi connectivity index (χ3n) is 1.92. The number of ether oxygens (including phenoxy) is 4. The van der Waals surface area contributed by atoms with Gasteiger partial charge in [-0.15, -0.1) is 0 Å². The zero-order valence-corrected chi connectivity index (χ0v) is 7.77. The summed E-state index contributed by atoms with van der Waals surface area (Å²) < 4.78 is 20.2. The van der Waals surface area contributed by atoms with Gasteiger partial charge in [-0.25, -0.2) is 0 Å². The van der Waals surface area contributed by atoms with E-state index in [-0.39, 0.29) is 13.6 Å². The number of hydrogen-bond acceptors (Lipinski definition) is 5. The van der Waals surface area contributed by atoms with Gasteiger partial charge in [0.25, 0.3) is 0 Å². The van der Waals surface area contributed by atoms with E-state index in [1.165, 1.54) is 0 Å². The fraction of sp³-hybridized carbons (Fsp3) is 0.857. The van der Waals surface area contributed by atoms with Crippen molar-refractivity contribution in [2.75, 3.05) is 40.5 Å². The maximum absolute atomic E-state index is 7.81. The fourth-order valence-electron chi connectivity index (χ4n) is 1.23. The minimum Gasteiger partial charge on any atom is -0.335 e. The summed E-state index contributed by atoms with van der Waals surface area (Å²) in [6.45, 7) is 2.06.